The molecule has 19 heavy (non-hydrogen) atoms. The largest absolute Gasteiger partial charge is 0.340 e. The van der Waals surface area contributed by atoms with Crippen LogP contribution in [-0.2, 0) is 9.59 Å². The highest BCUT2D eigenvalue weighted by Gasteiger charge is 2.47. The van der Waals surface area contributed by atoms with E-state index in [9.17, 15) is 9.59 Å². The zero-order valence-electron chi connectivity index (χ0n) is 12.4. The number of amides is 2. The maximum absolute atomic E-state index is 12.7. The standard InChI is InChI=1S/C15H24N2O2/c1-5-9-10-11-17-12(6-2)13(18)16-15(7-3,8-4)14(17)19/h12H,6-8,10-11H2,1-4H3,(H,16,18). The Balaban J connectivity index is 3.00. The van der Waals surface area contributed by atoms with Gasteiger partial charge in [-0.3, -0.25) is 9.59 Å². The highest BCUT2D eigenvalue weighted by molar-refractivity contribution is 5.99. The van der Waals surface area contributed by atoms with Crippen molar-refractivity contribution in [2.75, 3.05) is 6.54 Å². The lowest BCUT2D eigenvalue weighted by Gasteiger charge is -2.45. The number of nitrogens with one attached hydrogen (secondary N) is 1. The summed E-state index contributed by atoms with van der Waals surface area (Å²) in [5.41, 5.74) is -0.720. The van der Waals surface area contributed by atoms with Gasteiger partial charge < -0.3 is 10.2 Å². The minimum atomic E-state index is -0.720. The summed E-state index contributed by atoms with van der Waals surface area (Å²) in [5.74, 6) is 5.80. The number of piperazine rings is 1. The summed E-state index contributed by atoms with van der Waals surface area (Å²) in [7, 11) is 0. The van der Waals surface area contributed by atoms with Crippen molar-refractivity contribution in [3.63, 3.8) is 0 Å². The molecule has 1 saturated heterocycles. The Morgan fingerprint density at radius 1 is 1.26 bits per heavy atom. The van der Waals surface area contributed by atoms with Gasteiger partial charge in [0.1, 0.15) is 11.6 Å². The Labute approximate surface area is 115 Å². The van der Waals surface area contributed by atoms with E-state index in [1.165, 1.54) is 0 Å². The average Bonchev–Trinajstić information content (AvgIpc) is 2.42. The molecule has 0 spiro atoms. The molecular weight excluding hydrogens is 240 g/mol. The molecule has 106 valence electrons. The molecule has 0 aromatic rings. The zero-order chi connectivity index (χ0) is 14.5. The molecule has 1 unspecified atom stereocenters. The van der Waals surface area contributed by atoms with E-state index in [0.717, 1.165) is 0 Å². The predicted molar refractivity (Wildman–Crippen MR) is 75.3 cm³/mol. The summed E-state index contributed by atoms with van der Waals surface area (Å²) >= 11 is 0. The lowest BCUT2D eigenvalue weighted by molar-refractivity contribution is -0.155. The molecule has 1 aliphatic heterocycles. The van der Waals surface area contributed by atoms with E-state index in [4.69, 9.17) is 0 Å². The molecule has 2 amide bonds. The van der Waals surface area contributed by atoms with Crippen LogP contribution in [0.25, 0.3) is 0 Å². The van der Waals surface area contributed by atoms with Gasteiger partial charge in [0, 0.05) is 13.0 Å². The predicted octanol–water partition coefficient (Wildman–Crippen LogP) is 1.70. The van der Waals surface area contributed by atoms with Gasteiger partial charge in [-0.15, -0.1) is 11.8 Å². The first-order valence-corrected chi connectivity index (χ1v) is 7.09. The number of hydrogen-bond acceptors (Lipinski definition) is 2. The summed E-state index contributed by atoms with van der Waals surface area (Å²) in [6.45, 7) is 8.13. The highest BCUT2D eigenvalue weighted by Crippen LogP contribution is 2.26. The van der Waals surface area contributed by atoms with Gasteiger partial charge in [0.2, 0.25) is 11.8 Å². The molecular formula is C15H24N2O2. The number of rotatable bonds is 5. The van der Waals surface area contributed by atoms with E-state index in [2.05, 4.69) is 17.2 Å². The van der Waals surface area contributed by atoms with Crippen LogP contribution < -0.4 is 5.32 Å². The van der Waals surface area contributed by atoms with Gasteiger partial charge >= 0.3 is 0 Å². The fraction of sp³-hybridized carbons (Fsp3) is 0.733. The first-order chi connectivity index (χ1) is 9.06. The average molecular weight is 264 g/mol. The Morgan fingerprint density at radius 3 is 2.37 bits per heavy atom. The second kappa shape index (κ2) is 6.60. The number of nitrogens with zero attached hydrogens (tertiary/aromatic N) is 1. The molecule has 1 rings (SSSR count). The smallest absolute Gasteiger partial charge is 0.249 e. The van der Waals surface area contributed by atoms with Gasteiger partial charge in [-0.2, -0.15) is 0 Å². The van der Waals surface area contributed by atoms with Crippen molar-refractivity contribution >= 4 is 11.8 Å². The topological polar surface area (TPSA) is 49.4 Å². The summed E-state index contributed by atoms with van der Waals surface area (Å²) in [4.78, 5) is 26.6. The summed E-state index contributed by atoms with van der Waals surface area (Å²) in [6.07, 6.45) is 2.51. The van der Waals surface area contributed by atoms with Crippen LogP contribution in [0.15, 0.2) is 0 Å². The lowest BCUT2D eigenvalue weighted by atomic mass is 9.86. The normalized spacial score (nSPS) is 21.7. The maximum atomic E-state index is 12.7. The maximum Gasteiger partial charge on any atom is 0.249 e. The van der Waals surface area contributed by atoms with Crippen molar-refractivity contribution < 1.29 is 9.59 Å². The summed E-state index contributed by atoms with van der Waals surface area (Å²) in [6, 6.07) is -0.350. The second-order valence-corrected chi connectivity index (χ2v) is 4.88. The van der Waals surface area contributed by atoms with E-state index < -0.39 is 5.54 Å². The monoisotopic (exact) mass is 264 g/mol. The molecule has 0 saturated carbocycles. The molecule has 1 heterocycles. The van der Waals surface area contributed by atoms with Crippen LogP contribution in [0.2, 0.25) is 0 Å². The Bertz CT molecular complexity index is 402. The Morgan fingerprint density at radius 2 is 1.89 bits per heavy atom. The van der Waals surface area contributed by atoms with E-state index >= 15 is 0 Å². The van der Waals surface area contributed by atoms with Crippen molar-refractivity contribution in [3.05, 3.63) is 0 Å². The fourth-order valence-corrected chi connectivity index (χ4v) is 2.62. The summed E-state index contributed by atoms with van der Waals surface area (Å²) in [5, 5.41) is 2.93. The molecule has 0 aliphatic carbocycles. The molecule has 4 nitrogen and oxygen atoms in total. The van der Waals surface area contributed by atoms with Crippen molar-refractivity contribution in [2.24, 2.45) is 0 Å². The first-order valence-electron chi connectivity index (χ1n) is 7.09. The van der Waals surface area contributed by atoms with Crippen LogP contribution in [0.1, 0.15) is 53.4 Å². The fourth-order valence-electron chi connectivity index (χ4n) is 2.62. The SMILES string of the molecule is CC#CCCN1C(=O)C(CC)(CC)NC(=O)C1CC. The van der Waals surface area contributed by atoms with Crippen molar-refractivity contribution in [1.82, 2.24) is 10.2 Å². The van der Waals surface area contributed by atoms with Crippen LogP contribution in [0, 0.1) is 11.8 Å². The van der Waals surface area contributed by atoms with Gasteiger partial charge in [0.15, 0.2) is 0 Å². The molecule has 0 aromatic heterocycles. The van der Waals surface area contributed by atoms with Crippen LogP contribution >= 0.6 is 0 Å². The molecule has 4 heteroatoms. The molecule has 1 aliphatic rings. The molecule has 0 bridgehead atoms. The van der Waals surface area contributed by atoms with Gasteiger partial charge in [-0.05, 0) is 26.2 Å². The van der Waals surface area contributed by atoms with Crippen LogP contribution in [0.4, 0.5) is 0 Å². The van der Waals surface area contributed by atoms with E-state index in [0.29, 0.717) is 32.2 Å². The first kappa shape index (κ1) is 15.6. The zero-order valence-corrected chi connectivity index (χ0v) is 12.4. The number of carbonyl (C=O) groups is 2. The van der Waals surface area contributed by atoms with Crippen LogP contribution in [-0.4, -0.2) is 34.8 Å². The van der Waals surface area contributed by atoms with Crippen LogP contribution in [0.3, 0.4) is 0 Å². The lowest BCUT2D eigenvalue weighted by Crippen LogP contribution is -2.69. The molecule has 1 N–H and O–H groups in total. The van der Waals surface area contributed by atoms with E-state index in [1.54, 1.807) is 11.8 Å². The minimum absolute atomic E-state index is 0.0322. The minimum Gasteiger partial charge on any atom is -0.340 e. The van der Waals surface area contributed by atoms with Crippen molar-refractivity contribution in [2.45, 2.75) is 65.0 Å². The second-order valence-electron chi connectivity index (χ2n) is 4.88. The molecule has 0 radical (unpaired) electrons. The molecule has 0 aromatic carbocycles. The van der Waals surface area contributed by atoms with E-state index in [-0.39, 0.29) is 17.9 Å². The highest BCUT2D eigenvalue weighted by atomic mass is 16.2. The number of hydrogen-bond donors (Lipinski definition) is 1. The molecule has 1 fully saturated rings. The van der Waals surface area contributed by atoms with Gasteiger partial charge in [0.05, 0.1) is 0 Å². The molecule has 1 atom stereocenters. The van der Waals surface area contributed by atoms with E-state index in [1.807, 2.05) is 20.8 Å². The number of carbonyl (C=O) groups excluding carboxylic acids is 2. The quantitative estimate of drug-likeness (QED) is 0.768. The third-order valence-electron chi connectivity index (χ3n) is 3.96. The van der Waals surface area contributed by atoms with Gasteiger partial charge in [0.25, 0.3) is 0 Å². The van der Waals surface area contributed by atoms with Gasteiger partial charge in [-0.1, -0.05) is 20.8 Å². The third kappa shape index (κ3) is 2.91. The third-order valence-corrected chi connectivity index (χ3v) is 3.96. The summed E-state index contributed by atoms with van der Waals surface area (Å²) < 4.78 is 0. The Hall–Kier alpha value is -1.50. The van der Waals surface area contributed by atoms with Crippen LogP contribution in [0.5, 0.6) is 0 Å². The van der Waals surface area contributed by atoms with Gasteiger partial charge in [-0.25, -0.2) is 0 Å². The Kier molecular flexibility index (Phi) is 5.41. The van der Waals surface area contributed by atoms with Crippen molar-refractivity contribution in [3.8, 4) is 11.8 Å². The van der Waals surface area contributed by atoms with Crippen molar-refractivity contribution in [1.29, 1.82) is 0 Å².